The highest BCUT2D eigenvalue weighted by Gasteiger charge is 2.18. The summed E-state index contributed by atoms with van der Waals surface area (Å²) in [5.74, 6) is 1.02. The lowest BCUT2D eigenvalue weighted by atomic mass is 9.98. The van der Waals surface area contributed by atoms with Gasteiger partial charge in [-0.05, 0) is 19.1 Å². The number of hydrogen-bond donors (Lipinski definition) is 1. The molecule has 0 aliphatic carbocycles. The molecule has 104 valence electrons. The van der Waals surface area contributed by atoms with Crippen LogP contribution in [0.25, 0.3) is 0 Å². The summed E-state index contributed by atoms with van der Waals surface area (Å²) >= 11 is 1.74. The smallest absolute Gasteiger partial charge is 0.105 e. The van der Waals surface area contributed by atoms with Crippen LogP contribution in [0.4, 0.5) is 0 Å². The first-order valence-corrected chi connectivity index (χ1v) is 7.54. The highest BCUT2D eigenvalue weighted by Crippen LogP contribution is 2.25. The van der Waals surface area contributed by atoms with Crippen molar-refractivity contribution in [1.82, 2.24) is 10.3 Å². The fourth-order valence-corrected chi connectivity index (χ4v) is 2.72. The van der Waals surface area contributed by atoms with Gasteiger partial charge in [-0.3, -0.25) is 0 Å². The minimum Gasteiger partial charge on any atom is -0.469 e. The molecule has 1 atom stereocenters. The van der Waals surface area contributed by atoms with Gasteiger partial charge >= 0.3 is 0 Å². The first-order valence-electron chi connectivity index (χ1n) is 6.66. The molecule has 1 N–H and O–H groups in total. The van der Waals surface area contributed by atoms with Crippen LogP contribution in [0, 0.1) is 0 Å². The summed E-state index contributed by atoms with van der Waals surface area (Å²) in [5, 5.41) is 6.83. The third-order valence-corrected chi connectivity index (χ3v) is 4.23. The number of aromatic nitrogens is 1. The molecule has 0 aromatic carbocycles. The summed E-state index contributed by atoms with van der Waals surface area (Å²) in [4.78, 5) is 4.68. The van der Waals surface area contributed by atoms with Crippen molar-refractivity contribution in [2.45, 2.75) is 52.1 Å². The molecule has 2 heterocycles. The molecular weight excluding hydrogens is 256 g/mol. The Morgan fingerprint density at radius 2 is 2.21 bits per heavy atom. The van der Waals surface area contributed by atoms with Crippen LogP contribution in [0.1, 0.15) is 44.2 Å². The van der Waals surface area contributed by atoms with E-state index in [1.165, 1.54) is 5.01 Å². The van der Waals surface area contributed by atoms with E-state index in [9.17, 15) is 0 Å². The molecule has 19 heavy (non-hydrogen) atoms. The Balaban J connectivity index is 1.83. The van der Waals surface area contributed by atoms with Crippen molar-refractivity contribution in [3.05, 3.63) is 40.2 Å². The van der Waals surface area contributed by atoms with Crippen molar-refractivity contribution in [2.24, 2.45) is 0 Å². The SMILES string of the molecule is CC(Cc1ccco1)NCc1csc(C(C)(C)C)n1. The Hall–Kier alpha value is -1.13. The summed E-state index contributed by atoms with van der Waals surface area (Å²) in [6.07, 6.45) is 2.63. The predicted octanol–water partition coefficient (Wildman–Crippen LogP) is 3.75. The molecule has 0 saturated heterocycles. The molecule has 0 aliphatic heterocycles. The van der Waals surface area contributed by atoms with E-state index in [4.69, 9.17) is 4.42 Å². The zero-order valence-corrected chi connectivity index (χ0v) is 12.9. The third-order valence-electron chi connectivity index (χ3n) is 2.91. The Morgan fingerprint density at radius 1 is 1.42 bits per heavy atom. The number of rotatable bonds is 5. The number of furan rings is 1. The maximum atomic E-state index is 5.35. The predicted molar refractivity (Wildman–Crippen MR) is 79.5 cm³/mol. The lowest BCUT2D eigenvalue weighted by Crippen LogP contribution is -2.27. The highest BCUT2D eigenvalue weighted by atomic mass is 32.1. The maximum absolute atomic E-state index is 5.35. The molecule has 0 radical (unpaired) electrons. The number of nitrogens with zero attached hydrogens (tertiary/aromatic N) is 1. The van der Waals surface area contributed by atoms with Gasteiger partial charge in [0, 0.05) is 29.8 Å². The van der Waals surface area contributed by atoms with Crippen molar-refractivity contribution < 1.29 is 4.42 Å². The van der Waals surface area contributed by atoms with E-state index in [1.807, 2.05) is 12.1 Å². The van der Waals surface area contributed by atoms with E-state index < -0.39 is 0 Å². The summed E-state index contributed by atoms with van der Waals surface area (Å²) in [5.41, 5.74) is 1.27. The van der Waals surface area contributed by atoms with Crippen LogP contribution in [0.2, 0.25) is 0 Å². The molecule has 1 unspecified atom stereocenters. The summed E-state index contributed by atoms with van der Waals surface area (Å²) in [6, 6.07) is 4.32. The Labute approximate surface area is 119 Å². The van der Waals surface area contributed by atoms with Crippen LogP contribution in [-0.4, -0.2) is 11.0 Å². The Bertz CT molecular complexity index is 496. The molecule has 0 fully saturated rings. The highest BCUT2D eigenvalue weighted by molar-refractivity contribution is 7.09. The zero-order valence-electron chi connectivity index (χ0n) is 12.1. The molecule has 0 amide bonds. The normalized spacial score (nSPS) is 13.7. The van der Waals surface area contributed by atoms with Crippen LogP contribution in [0.3, 0.4) is 0 Å². The van der Waals surface area contributed by atoms with Crippen molar-refractivity contribution in [3.63, 3.8) is 0 Å². The molecule has 0 spiro atoms. The molecule has 3 nitrogen and oxygen atoms in total. The maximum Gasteiger partial charge on any atom is 0.105 e. The van der Waals surface area contributed by atoms with E-state index in [1.54, 1.807) is 17.6 Å². The minimum atomic E-state index is 0.142. The van der Waals surface area contributed by atoms with Gasteiger partial charge < -0.3 is 9.73 Å². The van der Waals surface area contributed by atoms with Crippen LogP contribution in [0.15, 0.2) is 28.2 Å². The standard InChI is InChI=1S/C15H22N2OS/c1-11(8-13-6-5-7-18-13)16-9-12-10-19-14(17-12)15(2,3)4/h5-7,10-11,16H,8-9H2,1-4H3. The number of hydrogen-bond acceptors (Lipinski definition) is 4. The number of nitrogens with one attached hydrogen (secondary N) is 1. The van der Waals surface area contributed by atoms with Gasteiger partial charge in [0.05, 0.1) is 17.0 Å². The van der Waals surface area contributed by atoms with Crippen molar-refractivity contribution in [1.29, 1.82) is 0 Å². The molecule has 2 rings (SSSR count). The van der Waals surface area contributed by atoms with Gasteiger partial charge in [0.15, 0.2) is 0 Å². The first kappa shape index (κ1) is 14.3. The monoisotopic (exact) mass is 278 g/mol. The second kappa shape index (κ2) is 5.88. The van der Waals surface area contributed by atoms with Gasteiger partial charge in [-0.1, -0.05) is 20.8 Å². The summed E-state index contributed by atoms with van der Waals surface area (Å²) in [7, 11) is 0. The van der Waals surface area contributed by atoms with Gasteiger partial charge in [0.2, 0.25) is 0 Å². The lowest BCUT2D eigenvalue weighted by Gasteiger charge is -2.14. The van der Waals surface area contributed by atoms with Crippen LogP contribution < -0.4 is 5.32 Å². The fraction of sp³-hybridized carbons (Fsp3) is 0.533. The van der Waals surface area contributed by atoms with E-state index >= 15 is 0 Å². The molecule has 2 aromatic rings. The molecule has 0 saturated carbocycles. The lowest BCUT2D eigenvalue weighted by molar-refractivity contribution is 0.454. The van der Waals surface area contributed by atoms with E-state index in [0.29, 0.717) is 6.04 Å². The van der Waals surface area contributed by atoms with Crippen molar-refractivity contribution >= 4 is 11.3 Å². The molecule has 4 heteroatoms. The van der Waals surface area contributed by atoms with Crippen LogP contribution in [0.5, 0.6) is 0 Å². The Morgan fingerprint density at radius 3 is 2.79 bits per heavy atom. The van der Waals surface area contributed by atoms with Crippen LogP contribution in [-0.2, 0) is 18.4 Å². The molecule has 0 bridgehead atoms. The second-order valence-electron chi connectivity index (χ2n) is 5.96. The molecular formula is C15H22N2OS. The third kappa shape index (κ3) is 4.18. The first-order chi connectivity index (χ1) is 8.95. The van der Waals surface area contributed by atoms with Gasteiger partial charge in [-0.15, -0.1) is 11.3 Å². The Kier molecular flexibility index (Phi) is 4.42. The van der Waals surface area contributed by atoms with Crippen molar-refractivity contribution in [2.75, 3.05) is 0 Å². The van der Waals surface area contributed by atoms with Gasteiger partial charge in [-0.25, -0.2) is 4.98 Å². The minimum absolute atomic E-state index is 0.142. The zero-order chi connectivity index (χ0) is 13.9. The van der Waals surface area contributed by atoms with E-state index in [2.05, 4.69) is 43.4 Å². The summed E-state index contributed by atoms with van der Waals surface area (Å²) < 4.78 is 5.35. The average molecular weight is 278 g/mol. The van der Waals surface area contributed by atoms with Crippen molar-refractivity contribution in [3.8, 4) is 0 Å². The van der Waals surface area contributed by atoms with Crippen LogP contribution >= 0.6 is 11.3 Å². The number of thiazole rings is 1. The summed E-state index contributed by atoms with van der Waals surface area (Å²) in [6.45, 7) is 9.57. The fourth-order valence-electron chi connectivity index (χ4n) is 1.81. The van der Waals surface area contributed by atoms with Gasteiger partial charge in [0.1, 0.15) is 5.76 Å². The van der Waals surface area contributed by atoms with E-state index in [0.717, 1.165) is 24.4 Å². The molecule has 2 aromatic heterocycles. The van der Waals surface area contributed by atoms with E-state index in [-0.39, 0.29) is 5.41 Å². The average Bonchev–Trinajstić information content (AvgIpc) is 2.95. The van der Waals surface area contributed by atoms with Gasteiger partial charge in [-0.2, -0.15) is 0 Å². The second-order valence-corrected chi connectivity index (χ2v) is 6.82. The quantitative estimate of drug-likeness (QED) is 0.905. The molecule has 0 aliphatic rings. The van der Waals surface area contributed by atoms with Gasteiger partial charge in [0.25, 0.3) is 0 Å². The largest absolute Gasteiger partial charge is 0.469 e. The topological polar surface area (TPSA) is 38.1 Å².